The van der Waals surface area contributed by atoms with Crippen molar-refractivity contribution in [2.75, 3.05) is 7.11 Å². The summed E-state index contributed by atoms with van der Waals surface area (Å²) >= 11 is 5.41. The van der Waals surface area contributed by atoms with Crippen LogP contribution in [0.3, 0.4) is 0 Å². The molecule has 19 heavy (non-hydrogen) atoms. The Hall–Kier alpha value is -0.660. The molecule has 0 aromatic heterocycles. The first-order chi connectivity index (χ1) is 9.02. The van der Waals surface area contributed by atoms with Gasteiger partial charge in [-0.2, -0.15) is 0 Å². The van der Waals surface area contributed by atoms with Gasteiger partial charge in [0.15, 0.2) is 0 Å². The van der Waals surface area contributed by atoms with Crippen LogP contribution in [0.2, 0.25) is 0 Å². The molecule has 2 rings (SSSR count). The Morgan fingerprint density at radius 2 is 2.05 bits per heavy atom. The van der Waals surface area contributed by atoms with Crippen LogP contribution in [-0.2, 0) is 0 Å². The highest BCUT2D eigenvalue weighted by Crippen LogP contribution is 2.33. The van der Waals surface area contributed by atoms with Gasteiger partial charge in [0.25, 0.3) is 0 Å². The van der Waals surface area contributed by atoms with E-state index in [4.69, 9.17) is 10.5 Å². The second kappa shape index (κ2) is 6.19. The number of methoxy groups -OCH3 is 1. The lowest BCUT2D eigenvalue weighted by Crippen LogP contribution is -2.13. The molecule has 2 aromatic rings. The Morgan fingerprint density at radius 3 is 2.68 bits per heavy atom. The van der Waals surface area contributed by atoms with Gasteiger partial charge in [-0.15, -0.1) is 0 Å². The zero-order chi connectivity index (χ0) is 14.0. The van der Waals surface area contributed by atoms with Crippen LogP contribution < -0.4 is 10.5 Å². The average molecular weight is 436 g/mol. The third-order valence-electron chi connectivity index (χ3n) is 2.82. The van der Waals surface area contributed by atoms with E-state index in [1.54, 1.807) is 6.07 Å². The number of halogens is 3. The smallest absolute Gasteiger partial charge is 0.141 e. The van der Waals surface area contributed by atoms with E-state index >= 15 is 0 Å². The van der Waals surface area contributed by atoms with Crippen molar-refractivity contribution in [1.29, 1.82) is 0 Å². The highest BCUT2D eigenvalue weighted by atomic mass is 127. The third kappa shape index (κ3) is 3.27. The van der Waals surface area contributed by atoms with Crippen LogP contribution in [0.4, 0.5) is 4.39 Å². The molecule has 0 aliphatic rings. The Kier molecular flexibility index (Phi) is 4.81. The van der Waals surface area contributed by atoms with Gasteiger partial charge in [-0.3, -0.25) is 0 Å². The maximum atomic E-state index is 13.5. The van der Waals surface area contributed by atoms with Gasteiger partial charge in [0.05, 0.1) is 17.6 Å². The molecule has 0 amide bonds. The van der Waals surface area contributed by atoms with E-state index in [9.17, 15) is 4.39 Å². The summed E-state index contributed by atoms with van der Waals surface area (Å²) in [7, 11) is 1.51. The molecule has 0 fully saturated rings. The molecule has 0 aliphatic heterocycles. The van der Waals surface area contributed by atoms with Crippen molar-refractivity contribution in [1.82, 2.24) is 0 Å². The molecule has 2 aromatic carbocycles. The van der Waals surface area contributed by atoms with Gasteiger partial charge >= 0.3 is 0 Å². The standard InChI is InChI=1S/C14H12BrFINO/c1-19-13-7-12(16)11(15)6-10(13)14(18)8-3-2-4-9(17)5-8/h2-7,14H,18H2,1H3. The first-order valence-electron chi connectivity index (χ1n) is 5.57. The topological polar surface area (TPSA) is 35.2 Å². The van der Waals surface area contributed by atoms with Gasteiger partial charge in [-0.25, -0.2) is 4.39 Å². The van der Waals surface area contributed by atoms with Gasteiger partial charge < -0.3 is 10.5 Å². The quantitative estimate of drug-likeness (QED) is 0.731. The maximum Gasteiger partial charge on any atom is 0.141 e. The van der Waals surface area contributed by atoms with Crippen molar-refractivity contribution >= 4 is 38.5 Å². The summed E-state index contributed by atoms with van der Waals surface area (Å²) in [5.74, 6) is 0.0857. The van der Waals surface area contributed by atoms with Crippen LogP contribution in [-0.4, -0.2) is 7.11 Å². The molecule has 2 N–H and O–H groups in total. The van der Waals surface area contributed by atoms with E-state index in [0.717, 1.165) is 14.7 Å². The van der Waals surface area contributed by atoms with Crippen molar-refractivity contribution in [2.24, 2.45) is 5.73 Å². The molecular formula is C14H12BrFINO. The molecule has 1 atom stereocenters. The van der Waals surface area contributed by atoms with Crippen molar-refractivity contribution in [3.63, 3.8) is 0 Å². The second-order valence-corrected chi connectivity index (χ2v) is 6.14. The van der Waals surface area contributed by atoms with Crippen molar-refractivity contribution in [3.05, 3.63) is 61.4 Å². The third-order valence-corrected chi connectivity index (χ3v) is 4.09. The van der Waals surface area contributed by atoms with E-state index in [0.29, 0.717) is 10.2 Å². The fraction of sp³-hybridized carbons (Fsp3) is 0.143. The monoisotopic (exact) mass is 435 g/mol. The first kappa shape index (κ1) is 14.7. The van der Waals surface area contributed by atoms with Gasteiger partial charge in [0, 0.05) is 15.2 Å². The molecule has 5 heteroatoms. The molecule has 0 bridgehead atoms. The molecule has 0 heterocycles. The highest BCUT2D eigenvalue weighted by molar-refractivity contribution is 14.1. The van der Waals surface area contributed by atoms with Crippen LogP contribution >= 0.6 is 38.5 Å². The Bertz CT molecular complexity index is 606. The minimum atomic E-state index is -0.365. The molecular weight excluding hydrogens is 424 g/mol. The Labute approximate surface area is 133 Å². The summed E-state index contributed by atoms with van der Waals surface area (Å²) in [6.07, 6.45) is 0. The second-order valence-electron chi connectivity index (χ2n) is 4.04. The fourth-order valence-electron chi connectivity index (χ4n) is 1.84. The number of hydrogen-bond donors (Lipinski definition) is 1. The van der Waals surface area contributed by atoms with E-state index in [1.165, 1.54) is 13.2 Å². The van der Waals surface area contributed by atoms with E-state index < -0.39 is 0 Å². The number of hydrogen-bond acceptors (Lipinski definition) is 2. The zero-order valence-corrected chi connectivity index (χ0v) is 13.9. The molecule has 100 valence electrons. The Balaban J connectivity index is 2.49. The average Bonchev–Trinajstić information content (AvgIpc) is 2.40. The van der Waals surface area contributed by atoms with Crippen molar-refractivity contribution in [2.45, 2.75) is 6.04 Å². The largest absolute Gasteiger partial charge is 0.496 e. The van der Waals surface area contributed by atoms with Crippen molar-refractivity contribution < 1.29 is 9.13 Å². The summed E-state index contributed by atoms with van der Waals surface area (Å²) in [5.41, 5.74) is 7.96. The fourth-order valence-corrected chi connectivity index (χ4v) is 2.77. The summed E-state index contributed by atoms with van der Waals surface area (Å²) in [6, 6.07) is 10.5. The lowest BCUT2D eigenvalue weighted by atomic mass is 9.99. The number of benzene rings is 2. The molecule has 0 radical (unpaired) electrons. The minimum absolute atomic E-state index is 0.360. The molecule has 2 nitrogen and oxygen atoms in total. The molecule has 1 unspecified atom stereocenters. The number of rotatable bonds is 3. The van der Waals surface area contributed by atoms with Crippen LogP contribution in [0.15, 0.2) is 40.9 Å². The lowest BCUT2D eigenvalue weighted by molar-refractivity contribution is 0.404. The van der Waals surface area contributed by atoms with Crippen LogP contribution in [0.25, 0.3) is 0 Å². The predicted molar refractivity (Wildman–Crippen MR) is 85.8 cm³/mol. The summed E-state index contributed by atoms with van der Waals surface area (Å²) in [4.78, 5) is 0. The zero-order valence-electron chi connectivity index (χ0n) is 10.2. The molecule has 0 saturated carbocycles. The predicted octanol–water partition coefficient (Wildman–Crippen LogP) is 4.25. The summed E-state index contributed by atoms with van der Waals surface area (Å²) < 4.78 is 20.2. The van der Waals surface area contributed by atoms with Crippen LogP contribution in [0.5, 0.6) is 5.75 Å². The number of ether oxygens (including phenoxy) is 1. The van der Waals surface area contributed by atoms with Crippen molar-refractivity contribution in [3.8, 4) is 5.75 Å². The van der Waals surface area contributed by atoms with E-state index in [-0.39, 0.29) is 11.9 Å². The summed E-state index contributed by atoms with van der Waals surface area (Å²) in [5, 5.41) is 0. The lowest BCUT2D eigenvalue weighted by Gasteiger charge is -2.17. The summed E-state index contributed by atoms with van der Waals surface area (Å²) in [6.45, 7) is 0. The van der Waals surface area contributed by atoms with Crippen LogP contribution in [0.1, 0.15) is 17.2 Å². The van der Waals surface area contributed by atoms with E-state index in [2.05, 4.69) is 38.5 Å². The highest BCUT2D eigenvalue weighted by Gasteiger charge is 2.17. The normalized spacial score (nSPS) is 12.3. The first-order valence-corrected chi connectivity index (χ1v) is 7.44. The molecule has 0 saturated heterocycles. The SMILES string of the molecule is COc1cc(F)c(Br)cc1C(N)c1cccc(I)c1. The minimum Gasteiger partial charge on any atom is -0.496 e. The van der Waals surface area contributed by atoms with Gasteiger partial charge in [0.1, 0.15) is 11.6 Å². The molecule has 0 aliphatic carbocycles. The van der Waals surface area contributed by atoms with E-state index in [1.807, 2.05) is 24.3 Å². The Morgan fingerprint density at radius 1 is 1.32 bits per heavy atom. The van der Waals surface area contributed by atoms with Gasteiger partial charge in [-0.05, 0) is 62.3 Å². The maximum absolute atomic E-state index is 13.5. The van der Waals surface area contributed by atoms with Gasteiger partial charge in [-0.1, -0.05) is 12.1 Å². The van der Waals surface area contributed by atoms with Crippen LogP contribution in [0, 0.1) is 9.39 Å². The van der Waals surface area contributed by atoms with Gasteiger partial charge in [0.2, 0.25) is 0 Å². The number of nitrogens with two attached hydrogens (primary N) is 1. The molecule has 0 spiro atoms.